The van der Waals surface area contributed by atoms with Crippen LogP contribution >= 0.6 is 0 Å². The fourth-order valence-electron chi connectivity index (χ4n) is 2.12. The van der Waals surface area contributed by atoms with E-state index in [-0.39, 0.29) is 28.6 Å². The number of nitroso groups, excluding NO2 is 1. The van der Waals surface area contributed by atoms with Crippen LogP contribution in [0.5, 0.6) is 11.5 Å². The number of rotatable bonds is 7. The number of carbonyl (C=O) groups is 1. The van der Waals surface area contributed by atoms with Gasteiger partial charge >= 0.3 is 0 Å². The summed E-state index contributed by atoms with van der Waals surface area (Å²) in [5, 5.41) is 23.0. The number of aliphatic hydroxyl groups is 1. The molecule has 0 aliphatic carbocycles. The van der Waals surface area contributed by atoms with Crippen molar-refractivity contribution in [2.75, 3.05) is 19.5 Å². The van der Waals surface area contributed by atoms with E-state index in [9.17, 15) is 14.8 Å². The first-order valence-electron chi connectivity index (χ1n) is 7.77. The Kier molecular flexibility index (Phi) is 6.59. The van der Waals surface area contributed by atoms with Crippen LogP contribution in [0.25, 0.3) is 0 Å². The molecule has 0 saturated carbocycles. The maximum absolute atomic E-state index is 12.5. The van der Waals surface area contributed by atoms with Gasteiger partial charge in [0.05, 0.1) is 19.9 Å². The SMILES string of the molecule is COc1cc(N=O)ccc1N=N/C(C(=O)Nc1ccccc1OC)=C(/C)O. The maximum Gasteiger partial charge on any atom is 0.279 e. The summed E-state index contributed by atoms with van der Waals surface area (Å²) in [5.41, 5.74) is 0.543. The predicted molar refractivity (Wildman–Crippen MR) is 99.9 cm³/mol. The Morgan fingerprint density at radius 1 is 1.07 bits per heavy atom. The average molecular weight is 370 g/mol. The van der Waals surface area contributed by atoms with Gasteiger partial charge in [-0.15, -0.1) is 15.1 Å². The third kappa shape index (κ3) is 4.88. The highest BCUT2D eigenvalue weighted by atomic mass is 16.5. The molecule has 0 aliphatic heterocycles. The number of methoxy groups -OCH3 is 2. The van der Waals surface area contributed by atoms with Crippen LogP contribution in [0, 0.1) is 4.91 Å². The highest BCUT2D eigenvalue weighted by Gasteiger charge is 2.16. The number of amides is 1. The number of hydrogen-bond donors (Lipinski definition) is 2. The van der Waals surface area contributed by atoms with Gasteiger partial charge in [-0.2, -0.15) is 0 Å². The van der Waals surface area contributed by atoms with E-state index in [1.54, 1.807) is 24.3 Å². The topological polar surface area (TPSA) is 122 Å². The van der Waals surface area contributed by atoms with Crippen molar-refractivity contribution in [2.24, 2.45) is 15.4 Å². The summed E-state index contributed by atoms with van der Waals surface area (Å²) in [4.78, 5) is 23.1. The second-order valence-electron chi connectivity index (χ2n) is 5.24. The molecule has 0 spiro atoms. The van der Waals surface area contributed by atoms with Gasteiger partial charge in [0.2, 0.25) is 0 Å². The van der Waals surface area contributed by atoms with Gasteiger partial charge in [-0.25, -0.2) is 0 Å². The van der Waals surface area contributed by atoms with Crippen molar-refractivity contribution in [3.63, 3.8) is 0 Å². The van der Waals surface area contributed by atoms with Gasteiger partial charge < -0.3 is 19.9 Å². The number of para-hydroxylation sites is 2. The Morgan fingerprint density at radius 2 is 1.78 bits per heavy atom. The van der Waals surface area contributed by atoms with Crippen LogP contribution in [-0.4, -0.2) is 25.2 Å². The summed E-state index contributed by atoms with van der Waals surface area (Å²) in [6.07, 6.45) is 0. The second-order valence-corrected chi connectivity index (χ2v) is 5.24. The zero-order valence-corrected chi connectivity index (χ0v) is 15.0. The first-order chi connectivity index (χ1) is 13.0. The number of nitrogens with one attached hydrogen (secondary N) is 1. The number of hydrogen-bond acceptors (Lipinski definition) is 8. The molecule has 1 amide bonds. The van der Waals surface area contributed by atoms with Gasteiger partial charge in [-0.1, -0.05) is 12.1 Å². The van der Waals surface area contributed by atoms with E-state index < -0.39 is 5.91 Å². The molecule has 2 rings (SSSR count). The minimum atomic E-state index is -0.673. The molecule has 0 unspecified atom stereocenters. The molecule has 140 valence electrons. The van der Waals surface area contributed by atoms with E-state index >= 15 is 0 Å². The fraction of sp³-hybridized carbons (Fsp3) is 0.167. The van der Waals surface area contributed by atoms with E-state index in [4.69, 9.17) is 9.47 Å². The molecule has 2 N–H and O–H groups in total. The lowest BCUT2D eigenvalue weighted by Gasteiger charge is -2.10. The van der Waals surface area contributed by atoms with Gasteiger partial charge in [0.15, 0.2) is 5.70 Å². The van der Waals surface area contributed by atoms with Crippen molar-refractivity contribution >= 4 is 23.0 Å². The lowest BCUT2D eigenvalue weighted by molar-refractivity contribution is -0.113. The second kappa shape index (κ2) is 9.09. The number of allylic oxidation sites excluding steroid dienone is 1. The minimum absolute atomic E-state index is 0.161. The average Bonchev–Trinajstić information content (AvgIpc) is 2.68. The van der Waals surface area contributed by atoms with Crippen molar-refractivity contribution in [1.29, 1.82) is 0 Å². The normalized spacial score (nSPS) is 11.7. The van der Waals surface area contributed by atoms with Gasteiger partial charge in [-0.3, -0.25) is 4.79 Å². The molecule has 0 aromatic heterocycles. The molecule has 0 aliphatic rings. The minimum Gasteiger partial charge on any atom is -0.510 e. The quantitative estimate of drug-likeness (QED) is 0.319. The first-order valence-corrected chi connectivity index (χ1v) is 7.77. The molecule has 2 aromatic carbocycles. The van der Waals surface area contributed by atoms with Gasteiger partial charge in [0.1, 0.15) is 28.6 Å². The van der Waals surface area contributed by atoms with E-state index in [0.717, 1.165) is 0 Å². The monoisotopic (exact) mass is 370 g/mol. The molecule has 9 nitrogen and oxygen atoms in total. The first kappa shape index (κ1) is 19.6. The summed E-state index contributed by atoms with van der Waals surface area (Å²) in [6.45, 7) is 1.31. The number of ether oxygens (including phenoxy) is 2. The molecule has 27 heavy (non-hydrogen) atoms. The predicted octanol–water partition coefficient (Wildman–Crippen LogP) is 4.61. The zero-order valence-electron chi connectivity index (χ0n) is 15.0. The van der Waals surface area contributed by atoms with Crippen molar-refractivity contribution < 1.29 is 19.4 Å². The van der Waals surface area contributed by atoms with Crippen LogP contribution in [0.2, 0.25) is 0 Å². The Morgan fingerprint density at radius 3 is 2.41 bits per heavy atom. The standard InChI is InChI=1S/C18H18N4O5/c1-11(23)17(18(24)19-13-6-4-5-7-15(13)26-2)21-20-14-9-8-12(22-25)10-16(14)27-3/h4-10,23H,1-3H3,(H,19,24)/b17-11-,21-20?. The lowest BCUT2D eigenvalue weighted by Crippen LogP contribution is -2.15. The number of benzene rings is 2. The van der Waals surface area contributed by atoms with Gasteiger partial charge in [0, 0.05) is 6.07 Å². The van der Waals surface area contributed by atoms with Crippen molar-refractivity contribution in [2.45, 2.75) is 6.92 Å². The molecule has 0 saturated heterocycles. The van der Waals surface area contributed by atoms with Crippen LogP contribution in [0.1, 0.15) is 6.92 Å². The van der Waals surface area contributed by atoms with E-state index in [0.29, 0.717) is 11.4 Å². The number of anilines is 1. The number of nitrogens with zero attached hydrogens (tertiary/aromatic N) is 3. The fourth-order valence-corrected chi connectivity index (χ4v) is 2.12. The summed E-state index contributed by atoms with van der Waals surface area (Å²) < 4.78 is 10.3. The summed E-state index contributed by atoms with van der Waals surface area (Å²) in [5.74, 6) is -0.294. The molecule has 0 atom stereocenters. The van der Waals surface area contributed by atoms with Crippen molar-refractivity contribution in [3.8, 4) is 11.5 Å². The Labute approximate surface area is 155 Å². The lowest BCUT2D eigenvalue weighted by atomic mass is 10.2. The van der Waals surface area contributed by atoms with E-state index in [1.807, 2.05) is 0 Å². The van der Waals surface area contributed by atoms with Gasteiger partial charge in [0.25, 0.3) is 5.91 Å². The highest BCUT2D eigenvalue weighted by Crippen LogP contribution is 2.32. The van der Waals surface area contributed by atoms with E-state index in [2.05, 4.69) is 20.7 Å². The van der Waals surface area contributed by atoms with Crippen LogP contribution in [0.3, 0.4) is 0 Å². The van der Waals surface area contributed by atoms with Crippen molar-refractivity contribution in [1.82, 2.24) is 0 Å². The largest absolute Gasteiger partial charge is 0.510 e. The summed E-state index contributed by atoms with van der Waals surface area (Å²) >= 11 is 0. The number of azo groups is 1. The molecule has 0 radical (unpaired) electrons. The number of carbonyl (C=O) groups excluding carboxylic acids is 1. The molecule has 0 heterocycles. The maximum atomic E-state index is 12.5. The van der Waals surface area contributed by atoms with E-state index in [1.165, 1.54) is 39.3 Å². The summed E-state index contributed by atoms with van der Waals surface area (Å²) in [6, 6.07) is 11.1. The molecular formula is C18H18N4O5. The molecule has 9 heteroatoms. The van der Waals surface area contributed by atoms with Gasteiger partial charge in [-0.05, 0) is 36.4 Å². The Hall–Kier alpha value is -3.75. The third-order valence-corrected chi connectivity index (χ3v) is 3.44. The number of aliphatic hydroxyl groups excluding tert-OH is 1. The Bertz CT molecular complexity index is 904. The smallest absolute Gasteiger partial charge is 0.279 e. The molecular weight excluding hydrogens is 352 g/mol. The third-order valence-electron chi connectivity index (χ3n) is 3.44. The van der Waals surface area contributed by atoms with Crippen LogP contribution < -0.4 is 14.8 Å². The van der Waals surface area contributed by atoms with Crippen molar-refractivity contribution in [3.05, 3.63) is 58.8 Å². The molecule has 2 aromatic rings. The summed E-state index contributed by atoms with van der Waals surface area (Å²) in [7, 11) is 2.87. The highest BCUT2D eigenvalue weighted by molar-refractivity contribution is 6.04. The molecule has 0 bridgehead atoms. The van der Waals surface area contributed by atoms with Crippen LogP contribution in [0.4, 0.5) is 17.1 Å². The Balaban J connectivity index is 2.28. The van der Waals surface area contributed by atoms with Crippen LogP contribution in [-0.2, 0) is 4.79 Å². The van der Waals surface area contributed by atoms with Crippen LogP contribution in [0.15, 0.2) is 69.3 Å². The zero-order chi connectivity index (χ0) is 19.8. The molecule has 0 fully saturated rings.